The Bertz CT molecular complexity index is 475. The zero-order valence-corrected chi connectivity index (χ0v) is 12.0. The molecule has 5 nitrogen and oxygen atoms in total. The van der Waals surface area contributed by atoms with Crippen LogP contribution >= 0.6 is 12.4 Å². The molecule has 6 heteroatoms. The summed E-state index contributed by atoms with van der Waals surface area (Å²) in [6.07, 6.45) is 2.40. The molecule has 0 saturated carbocycles. The number of nitrogens with one attached hydrogen (secondary N) is 2. The van der Waals surface area contributed by atoms with Gasteiger partial charge in [0.25, 0.3) is 0 Å². The molecule has 0 atom stereocenters. The number of carbonyl (C=O) groups excluding carboxylic acids is 1. The van der Waals surface area contributed by atoms with E-state index >= 15 is 0 Å². The molecule has 3 rings (SSSR count). The van der Waals surface area contributed by atoms with Gasteiger partial charge in [-0.25, -0.2) is 0 Å². The summed E-state index contributed by atoms with van der Waals surface area (Å²) < 4.78 is 10.6. The van der Waals surface area contributed by atoms with Crippen LogP contribution in [0.1, 0.15) is 18.4 Å². The van der Waals surface area contributed by atoms with Gasteiger partial charge in [0.05, 0.1) is 6.42 Å². The Morgan fingerprint density at radius 3 is 2.80 bits per heavy atom. The molecule has 2 aliphatic rings. The number of benzene rings is 1. The van der Waals surface area contributed by atoms with Crippen LogP contribution in [0.2, 0.25) is 0 Å². The van der Waals surface area contributed by atoms with Gasteiger partial charge in [-0.3, -0.25) is 4.79 Å². The number of hydrogen-bond donors (Lipinski definition) is 2. The number of halogens is 1. The molecule has 1 aromatic rings. The second kappa shape index (κ2) is 6.81. The number of hydrogen-bond acceptors (Lipinski definition) is 4. The van der Waals surface area contributed by atoms with Crippen molar-refractivity contribution in [1.29, 1.82) is 0 Å². The smallest absolute Gasteiger partial charge is 0.231 e. The highest BCUT2D eigenvalue weighted by Gasteiger charge is 2.17. The molecule has 0 aromatic heterocycles. The lowest BCUT2D eigenvalue weighted by molar-refractivity contribution is -0.121. The molecule has 2 aliphatic heterocycles. The van der Waals surface area contributed by atoms with Crippen LogP contribution in [-0.2, 0) is 11.2 Å². The highest BCUT2D eigenvalue weighted by atomic mass is 35.5. The summed E-state index contributed by atoms with van der Waals surface area (Å²) in [5, 5.41) is 6.37. The molecule has 1 saturated heterocycles. The van der Waals surface area contributed by atoms with Gasteiger partial charge >= 0.3 is 0 Å². The number of fused-ring (bicyclic) bond motifs is 1. The van der Waals surface area contributed by atoms with E-state index in [4.69, 9.17) is 9.47 Å². The van der Waals surface area contributed by atoms with Gasteiger partial charge in [0.1, 0.15) is 0 Å². The maximum Gasteiger partial charge on any atom is 0.231 e. The molecule has 110 valence electrons. The van der Waals surface area contributed by atoms with Crippen molar-refractivity contribution >= 4 is 18.3 Å². The van der Waals surface area contributed by atoms with Crippen molar-refractivity contribution in [2.24, 2.45) is 0 Å². The minimum atomic E-state index is 0. The average Bonchev–Trinajstić information content (AvgIpc) is 2.87. The van der Waals surface area contributed by atoms with Crippen molar-refractivity contribution in [3.05, 3.63) is 23.8 Å². The highest BCUT2D eigenvalue weighted by molar-refractivity contribution is 5.85. The summed E-state index contributed by atoms with van der Waals surface area (Å²) in [5.41, 5.74) is 0.954. The standard InChI is InChI=1S/C14H18N2O3.ClH/c17-14(16-11-3-5-15-6-4-11)8-10-1-2-12-13(7-10)19-9-18-12;/h1-2,7,11,15H,3-6,8-9H2,(H,16,17);1H. The summed E-state index contributed by atoms with van der Waals surface area (Å²) in [6.45, 7) is 2.23. The SMILES string of the molecule is Cl.O=C(Cc1ccc2c(c1)OCO2)NC1CCNCC1. The number of piperidine rings is 1. The summed E-state index contributed by atoms with van der Waals surface area (Å²) in [5.74, 6) is 1.56. The molecule has 0 bridgehead atoms. The van der Waals surface area contributed by atoms with Gasteiger partial charge < -0.3 is 20.1 Å². The second-order valence-corrected chi connectivity index (χ2v) is 4.96. The quantitative estimate of drug-likeness (QED) is 0.882. The van der Waals surface area contributed by atoms with Crippen molar-refractivity contribution in [2.75, 3.05) is 19.9 Å². The third kappa shape index (κ3) is 3.55. The molecule has 2 N–H and O–H groups in total. The van der Waals surface area contributed by atoms with Crippen molar-refractivity contribution in [1.82, 2.24) is 10.6 Å². The Kier molecular flexibility index (Phi) is 5.09. The van der Waals surface area contributed by atoms with Crippen LogP contribution in [0.4, 0.5) is 0 Å². The topological polar surface area (TPSA) is 59.6 Å². The van der Waals surface area contributed by atoms with Crippen molar-refractivity contribution < 1.29 is 14.3 Å². The minimum Gasteiger partial charge on any atom is -0.454 e. The monoisotopic (exact) mass is 298 g/mol. The Balaban J connectivity index is 0.00000147. The van der Waals surface area contributed by atoms with Gasteiger partial charge in [-0.15, -0.1) is 12.4 Å². The normalized spacial score (nSPS) is 17.4. The maximum absolute atomic E-state index is 12.0. The van der Waals surface area contributed by atoms with Crippen molar-refractivity contribution in [3.63, 3.8) is 0 Å². The first-order chi connectivity index (χ1) is 9.31. The minimum absolute atomic E-state index is 0. The van der Waals surface area contributed by atoms with Crippen LogP contribution in [0.15, 0.2) is 18.2 Å². The summed E-state index contributed by atoms with van der Waals surface area (Å²) >= 11 is 0. The van der Waals surface area contributed by atoms with Gasteiger partial charge in [0.15, 0.2) is 11.5 Å². The molecular formula is C14H19ClN2O3. The summed E-state index contributed by atoms with van der Waals surface area (Å²) in [6, 6.07) is 5.96. The van der Waals surface area contributed by atoms with Crippen LogP contribution in [0.25, 0.3) is 0 Å². The summed E-state index contributed by atoms with van der Waals surface area (Å²) in [4.78, 5) is 12.0. The number of carbonyl (C=O) groups is 1. The molecule has 2 heterocycles. The second-order valence-electron chi connectivity index (χ2n) is 4.96. The fourth-order valence-corrected chi connectivity index (χ4v) is 2.48. The lowest BCUT2D eigenvalue weighted by Crippen LogP contribution is -2.43. The highest BCUT2D eigenvalue weighted by Crippen LogP contribution is 2.32. The third-order valence-electron chi connectivity index (χ3n) is 3.51. The van der Waals surface area contributed by atoms with Gasteiger partial charge in [-0.05, 0) is 43.6 Å². The maximum atomic E-state index is 12.0. The van der Waals surface area contributed by atoms with Crippen molar-refractivity contribution in [2.45, 2.75) is 25.3 Å². The number of amides is 1. The summed E-state index contributed by atoms with van der Waals surface area (Å²) in [7, 11) is 0. The van der Waals surface area contributed by atoms with Crippen molar-refractivity contribution in [3.8, 4) is 11.5 Å². The van der Waals surface area contributed by atoms with E-state index in [0.717, 1.165) is 43.0 Å². The largest absolute Gasteiger partial charge is 0.454 e. The average molecular weight is 299 g/mol. The van der Waals surface area contributed by atoms with E-state index < -0.39 is 0 Å². The molecule has 0 unspecified atom stereocenters. The Morgan fingerprint density at radius 2 is 2.00 bits per heavy atom. The molecule has 1 fully saturated rings. The van der Waals surface area contributed by atoms with Crippen LogP contribution in [0.3, 0.4) is 0 Å². The first-order valence-corrected chi connectivity index (χ1v) is 6.70. The molecule has 0 radical (unpaired) electrons. The zero-order chi connectivity index (χ0) is 13.1. The number of rotatable bonds is 3. The molecule has 1 aromatic carbocycles. The Hall–Kier alpha value is -1.46. The lowest BCUT2D eigenvalue weighted by Gasteiger charge is -2.23. The predicted octanol–water partition coefficient (Wildman–Crippen LogP) is 1.25. The van der Waals surface area contributed by atoms with Crippen LogP contribution in [-0.4, -0.2) is 31.8 Å². The molecule has 0 aliphatic carbocycles. The van der Waals surface area contributed by atoms with Gasteiger partial charge in [0, 0.05) is 6.04 Å². The molecule has 1 amide bonds. The number of ether oxygens (including phenoxy) is 2. The van der Waals surface area contributed by atoms with Gasteiger partial charge in [-0.2, -0.15) is 0 Å². The fraction of sp³-hybridized carbons (Fsp3) is 0.500. The zero-order valence-electron chi connectivity index (χ0n) is 11.2. The Labute approximate surface area is 124 Å². The van der Waals surface area contributed by atoms with Crippen LogP contribution in [0.5, 0.6) is 11.5 Å². The van der Waals surface area contributed by atoms with Gasteiger partial charge in [-0.1, -0.05) is 6.07 Å². The van der Waals surface area contributed by atoms with E-state index in [-0.39, 0.29) is 25.1 Å². The van der Waals surface area contributed by atoms with Gasteiger partial charge in [0.2, 0.25) is 12.7 Å². The van der Waals surface area contributed by atoms with E-state index in [9.17, 15) is 4.79 Å². The fourth-order valence-electron chi connectivity index (χ4n) is 2.48. The van der Waals surface area contributed by atoms with E-state index in [2.05, 4.69) is 10.6 Å². The first-order valence-electron chi connectivity index (χ1n) is 6.70. The third-order valence-corrected chi connectivity index (χ3v) is 3.51. The molecular weight excluding hydrogens is 280 g/mol. The van der Waals surface area contributed by atoms with E-state index in [1.165, 1.54) is 0 Å². The van der Waals surface area contributed by atoms with E-state index in [0.29, 0.717) is 12.5 Å². The van der Waals surface area contributed by atoms with Crippen LogP contribution < -0.4 is 20.1 Å². The molecule has 0 spiro atoms. The Morgan fingerprint density at radius 1 is 1.25 bits per heavy atom. The molecule has 20 heavy (non-hydrogen) atoms. The van der Waals surface area contributed by atoms with E-state index in [1.807, 2.05) is 18.2 Å². The lowest BCUT2D eigenvalue weighted by atomic mass is 10.1. The van der Waals surface area contributed by atoms with E-state index in [1.54, 1.807) is 0 Å². The first kappa shape index (κ1) is 14.9. The predicted molar refractivity (Wildman–Crippen MR) is 77.6 cm³/mol. The van der Waals surface area contributed by atoms with Crippen LogP contribution in [0, 0.1) is 0 Å².